The monoisotopic (exact) mass is 346 g/mol. The van der Waals surface area contributed by atoms with Gasteiger partial charge in [-0.2, -0.15) is 0 Å². The highest BCUT2D eigenvalue weighted by Crippen LogP contribution is 2.16. The van der Waals surface area contributed by atoms with Gasteiger partial charge in [-0.25, -0.2) is 9.59 Å². The zero-order valence-corrected chi connectivity index (χ0v) is 13.3. The number of carbonyl (C=O) groups is 4. The molecule has 0 aromatic heterocycles. The molecule has 0 fully saturated rings. The van der Waals surface area contributed by atoms with Crippen LogP contribution >= 0.6 is 25.3 Å². The molecule has 116 valence electrons. The highest BCUT2D eigenvalue weighted by Gasteiger charge is 2.22. The van der Waals surface area contributed by atoms with Crippen LogP contribution in [0.1, 0.15) is 41.4 Å². The molecule has 5 nitrogen and oxygen atoms in total. The van der Waals surface area contributed by atoms with Crippen LogP contribution in [0, 0.1) is 0 Å². The topological polar surface area (TPSA) is 77.5 Å². The van der Waals surface area contributed by atoms with Gasteiger partial charge >= 0.3 is 11.9 Å². The average molecular weight is 346 g/mol. The standard InChI is InChI=1S/C16H10O5S2/c17-13(9-5-1-3-7-11(9)15(19)22)21-14(18)10-6-2-4-8-12(10)16(20)23/h1-8H,(H,19,22)(H,20,23). The molecule has 2 rings (SSSR count). The van der Waals surface area contributed by atoms with E-state index in [-0.39, 0.29) is 22.3 Å². The van der Waals surface area contributed by atoms with E-state index >= 15 is 0 Å². The maximum absolute atomic E-state index is 12.1. The molecule has 0 saturated carbocycles. The van der Waals surface area contributed by atoms with Crippen molar-refractivity contribution in [1.82, 2.24) is 0 Å². The smallest absolute Gasteiger partial charge is 0.346 e. The Bertz CT molecular complexity index is 746. The van der Waals surface area contributed by atoms with E-state index in [0.717, 1.165) is 0 Å². The summed E-state index contributed by atoms with van der Waals surface area (Å²) in [6, 6.07) is 11.6. The van der Waals surface area contributed by atoms with Crippen molar-refractivity contribution in [3.63, 3.8) is 0 Å². The first-order valence-electron chi connectivity index (χ1n) is 6.33. The first-order chi connectivity index (χ1) is 10.9. The molecule has 0 heterocycles. The third-order valence-electron chi connectivity index (χ3n) is 2.94. The second-order valence-electron chi connectivity index (χ2n) is 4.38. The minimum Gasteiger partial charge on any atom is -0.386 e. The minimum atomic E-state index is -1.01. The molecule has 0 aliphatic carbocycles. The summed E-state index contributed by atoms with van der Waals surface area (Å²) in [6.07, 6.45) is 0. The van der Waals surface area contributed by atoms with Crippen molar-refractivity contribution >= 4 is 47.4 Å². The van der Waals surface area contributed by atoms with E-state index in [4.69, 9.17) is 4.74 Å². The maximum atomic E-state index is 12.1. The van der Waals surface area contributed by atoms with Gasteiger partial charge in [0.2, 0.25) is 10.2 Å². The van der Waals surface area contributed by atoms with E-state index in [2.05, 4.69) is 25.3 Å². The molecular formula is C16H10O5S2. The number of hydrogen-bond donors (Lipinski definition) is 2. The molecule has 0 bridgehead atoms. The molecular weight excluding hydrogens is 336 g/mol. The molecule has 2 aromatic carbocycles. The zero-order valence-electron chi connectivity index (χ0n) is 11.6. The van der Waals surface area contributed by atoms with Crippen molar-refractivity contribution in [3.05, 3.63) is 70.8 Å². The van der Waals surface area contributed by atoms with Crippen LogP contribution in [-0.4, -0.2) is 22.2 Å². The van der Waals surface area contributed by atoms with Crippen LogP contribution < -0.4 is 0 Å². The summed E-state index contributed by atoms with van der Waals surface area (Å²) in [5.41, 5.74) is -0.134. The summed E-state index contributed by atoms with van der Waals surface area (Å²) in [5, 5.41) is -1.26. The Kier molecular flexibility index (Phi) is 5.36. The predicted octanol–water partition coefficient (Wildman–Crippen LogP) is 2.82. The van der Waals surface area contributed by atoms with E-state index in [1.165, 1.54) is 36.4 Å². The van der Waals surface area contributed by atoms with E-state index in [1.54, 1.807) is 12.1 Å². The largest absolute Gasteiger partial charge is 0.386 e. The lowest BCUT2D eigenvalue weighted by Gasteiger charge is -2.08. The lowest BCUT2D eigenvalue weighted by Crippen LogP contribution is -2.17. The van der Waals surface area contributed by atoms with Gasteiger partial charge in [-0.3, -0.25) is 9.59 Å². The molecule has 0 atom stereocenters. The van der Waals surface area contributed by atoms with Gasteiger partial charge in [-0.15, -0.1) is 25.3 Å². The molecule has 0 amide bonds. The van der Waals surface area contributed by atoms with Gasteiger partial charge < -0.3 is 4.74 Å². The summed E-state index contributed by atoms with van der Waals surface area (Å²) in [5.74, 6) is -2.01. The molecule has 0 aliphatic heterocycles. The van der Waals surface area contributed by atoms with Gasteiger partial charge in [-0.05, 0) is 24.3 Å². The molecule has 0 unspecified atom stereocenters. The maximum Gasteiger partial charge on any atom is 0.346 e. The predicted molar refractivity (Wildman–Crippen MR) is 89.3 cm³/mol. The fourth-order valence-electron chi connectivity index (χ4n) is 1.89. The van der Waals surface area contributed by atoms with Crippen LogP contribution in [-0.2, 0) is 4.74 Å². The van der Waals surface area contributed by atoms with Gasteiger partial charge in [0, 0.05) is 11.1 Å². The van der Waals surface area contributed by atoms with Gasteiger partial charge in [0.15, 0.2) is 0 Å². The van der Waals surface area contributed by atoms with Crippen molar-refractivity contribution in [2.45, 2.75) is 0 Å². The zero-order chi connectivity index (χ0) is 17.0. The Morgan fingerprint density at radius 1 is 0.609 bits per heavy atom. The van der Waals surface area contributed by atoms with Gasteiger partial charge in [-0.1, -0.05) is 24.3 Å². The Morgan fingerprint density at radius 2 is 0.913 bits per heavy atom. The lowest BCUT2D eigenvalue weighted by molar-refractivity contribution is 0.0394. The van der Waals surface area contributed by atoms with E-state index in [0.29, 0.717) is 0 Å². The normalized spacial score (nSPS) is 10.0. The summed E-state index contributed by atoms with van der Waals surface area (Å²) >= 11 is 7.34. The summed E-state index contributed by atoms with van der Waals surface area (Å²) in [4.78, 5) is 47.0. The van der Waals surface area contributed by atoms with Crippen LogP contribution in [0.15, 0.2) is 48.5 Å². The number of thiol groups is 2. The second kappa shape index (κ2) is 7.26. The molecule has 7 heteroatoms. The van der Waals surface area contributed by atoms with Crippen molar-refractivity contribution < 1.29 is 23.9 Å². The third-order valence-corrected chi connectivity index (χ3v) is 3.42. The number of carbonyl (C=O) groups excluding carboxylic acids is 4. The van der Waals surface area contributed by atoms with Crippen LogP contribution in [0.3, 0.4) is 0 Å². The number of ether oxygens (including phenoxy) is 1. The summed E-state index contributed by atoms with van der Waals surface area (Å²) in [6.45, 7) is 0. The Hall–Kier alpha value is -2.38. The Morgan fingerprint density at radius 3 is 1.22 bits per heavy atom. The molecule has 0 radical (unpaired) electrons. The van der Waals surface area contributed by atoms with Crippen molar-refractivity contribution in [1.29, 1.82) is 0 Å². The highest BCUT2D eigenvalue weighted by atomic mass is 32.1. The molecule has 0 aliphatic rings. The number of benzene rings is 2. The third kappa shape index (κ3) is 3.88. The van der Waals surface area contributed by atoms with Crippen molar-refractivity contribution in [3.8, 4) is 0 Å². The van der Waals surface area contributed by atoms with Crippen LogP contribution in [0.5, 0.6) is 0 Å². The quantitative estimate of drug-likeness (QED) is 0.506. The fourth-order valence-corrected chi connectivity index (χ4v) is 2.28. The fraction of sp³-hybridized carbons (Fsp3) is 0. The highest BCUT2D eigenvalue weighted by molar-refractivity contribution is 7.97. The lowest BCUT2D eigenvalue weighted by atomic mass is 10.1. The van der Waals surface area contributed by atoms with Crippen molar-refractivity contribution in [2.75, 3.05) is 0 Å². The van der Waals surface area contributed by atoms with Crippen molar-refractivity contribution in [2.24, 2.45) is 0 Å². The molecule has 2 aromatic rings. The number of esters is 2. The Balaban J connectivity index is 2.30. The Labute approximate surface area is 142 Å². The van der Waals surface area contributed by atoms with Gasteiger partial charge in [0.1, 0.15) is 0 Å². The van der Waals surface area contributed by atoms with E-state index in [1.807, 2.05) is 0 Å². The van der Waals surface area contributed by atoms with Crippen LogP contribution in [0.4, 0.5) is 0 Å². The second-order valence-corrected chi connectivity index (χ2v) is 5.19. The summed E-state index contributed by atoms with van der Waals surface area (Å²) < 4.78 is 4.75. The molecule has 0 saturated heterocycles. The molecule has 0 spiro atoms. The van der Waals surface area contributed by atoms with Gasteiger partial charge in [0.25, 0.3) is 0 Å². The molecule has 23 heavy (non-hydrogen) atoms. The van der Waals surface area contributed by atoms with E-state index < -0.39 is 22.2 Å². The van der Waals surface area contributed by atoms with Crippen LogP contribution in [0.2, 0.25) is 0 Å². The minimum absolute atomic E-state index is 0.0205. The van der Waals surface area contributed by atoms with Gasteiger partial charge in [0.05, 0.1) is 11.1 Å². The van der Waals surface area contributed by atoms with Crippen LogP contribution in [0.25, 0.3) is 0 Å². The first-order valence-corrected chi connectivity index (χ1v) is 7.22. The number of rotatable bonds is 4. The average Bonchev–Trinajstić information content (AvgIpc) is 2.54. The SMILES string of the molecule is O=C(S)c1ccccc1C(=O)OC(=O)c1ccccc1C(=O)S. The van der Waals surface area contributed by atoms with E-state index in [9.17, 15) is 19.2 Å². The number of hydrogen-bond acceptors (Lipinski definition) is 5. The molecule has 0 N–H and O–H groups in total. The first kappa shape index (κ1) is 17.0. The summed E-state index contributed by atoms with van der Waals surface area (Å²) in [7, 11) is 0.